The first-order chi connectivity index (χ1) is 9.82. The summed E-state index contributed by atoms with van der Waals surface area (Å²) in [6.45, 7) is 2.33. The molecule has 0 atom stereocenters. The number of amides is 1. The van der Waals surface area contributed by atoms with Crippen molar-refractivity contribution in [3.8, 4) is 0 Å². The molecule has 0 aliphatic rings. The van der Waals surface area contributed by atoms with Gasteiger partial charge in [-0.1, -0.05) is 0 Å². The molecule has 112 valence electrons. The van der Waals surface area contributed by atoms with E-state index in [9.17, 15) is 18.0 Å². The van der Waals surface area contributed by atoms with E-state index in [1.54, 1.807) is 0 Å². The Morgan fingerprint density at radius 1 is 1.33 bits per heavy atom. The molecule has 0 unspecified atom stereocenters. The van der Waals surface area contributed by atoms with E-state index >= 15 is 0 Å². The summed E-state index contributed by atoms with van der Waals surface area (Å²) < 4.78 is 39.4. The number of carbonyl (C=O) groups excluding carboxylic acids is 1. The lowest BCUT2D eigenvalue weighted by Crippen LogP contribution is -2.18. The lowest BCUT2D eigenvalue weighted by atomic mass is 10.2. The third-order valence-corrected chi connectivity index (χ3v) is 3.36. The van der Waals surface area contributed by atoms with Crippen LogP contribution < -0.4 is 5.32 Å². The van der Waals surface area contributed by atoms with E-state index < -0.39 is 17.6 Å². The van der Waals surface area contributed by atoms with Gasteiger partial charge in [-0.05, 0) is 47.1 Å². The molecule has 1 amide bonds. The summed E-state index contributed by atoms with van der Waals surface area (Å²) >= 11 is 3.22. The Balaban J connectivity index is 2.18. The van der Waals surface area contributed by atoms with E-state index in [4.69, 9.17) is 0 Å². The van der Waals surface area contributed by atoms with E-state index in [-0.39, 0.29) is 5.69 Å². The molecule has 0 saturated heterocycles. The molecule has 2 rings (SSSR count). The molecule has 0 bridgehead atoms. The number of aryl methyl sites for hydroxylation is 1. The predicted molar refractivity (Wildman–Crippen MR) is 75.0 cm³/mol. The first-order valence-corrected chi connectivity index (χ1v) is 6.82. The molecule has 2 aromatic rings. The van der Waals surface area contributed by atoms with Crippen molar-refractivity contribution in [1.29, 1.82) is 0 Å². The van der Waals surface area contributed by atoms with Crippen molar-refractivity contribution in [1.82, 2.24) is 9.78 Å². The van der Waals surface area contributed by atoms with Gasteiger partial charge in [0.15, 0.2) is 0 Å². The zero-order valence-electron chi connectivity index (χ0n) is 10.9. The topological polar surface area (TPSA) is 46.9 Å². The monoisotopic (exact) mass is 361 g/mol. The standard InChI is InChI=1S/C13H11BrF3N3O/c1-2-20-11(10(14)7-18-20)12(21)19-9-5-3-8(4-6-9)13(15,16)17/h3-7H,2H2,1H3,(H,19,21). The van der Waals surface area contributed by atoms with Crippen LogP contribution in [0.2, 0.25) is 0 Å². The Labute approximate surface area is 127 Å². The Hall–Kier alpha value is -1.83. The summed E-state index contributed by atoms with van der Waals surface area (Å²) in [5.74, 6) is -0.444. The number of hydrogen-bond acceptors (Lipinski definition) is 2. The van der Waals surface area contributed by atoms with E-state index in [0.717, 1.165) is 12.1 Å². The molecule has 21 heavy (non-hydrogen) atoms. The smallest absolute Gasteiger partial charge is 0.321 e. The van der Waals surface area contributed by atoms with Crippen LogP contribution in [0.5, 0.6) is 0 Å². The van der Waals surface area contributed by atoms with Gasteiger partial charge in [-0.3, -0.25) is 9.48 Å². The van der Waals surface area contributed by atoms with Crippen molar-refractivity contribution in [3.63, 3.8) is 0 Å². The van der Waals surface area contributed by atoms with Crippen LogP contribution in [0.3, 0.4) is 0 Å². The number of carbonyl (C=O) groups is 1. The third kappa shape index (κ3) is 3.44. The lowest BCUT2D eigenvalue weighted by Gasteiger charge is -2.09. The molecule has 0 saturated carbocycles. The van der Waals surface area contributed by atoms with Gasteiger partial charge in [0.25, 0.3) is 5.91 Å². The van der Waals surface area contributed by atoms with Crippen LogP contribution in [0.15, 0.2) is 34.9 Å². The summed E-state index contributed by atoms with van der Waals surface area (Å²) in [7, 11) is 0. The highest BCUT2D eigenvalue weighted by molar-refractivity contribution is 9.10. The fourth-order valence-corrected chi connectivity index (χ4v) is 2.24. The average Bonchev–Trinajstić information content (AvgIpc) is 2.79. The maximum atomic E-state index is 12.5. The number of nitrogens with one attached hydrogen (secondary N) is 1. The quantitative estimate of drug-likeness (QED) is 0.899. The number of halogens is 4. The van der Waals surface area contributed by atoms with Crippen LogP contribution in [0.25, 0.3) is 0 Å². The Kier molecular flexibility index (Phi) is 4.36. The number of rotatable bonds is 3. The van der Waals surface area contributed by atoms with Gasteiger partial charge in [0.1, 0.15) is 5.69 Å². The normalized spacial score (nSPS) is 11.5. The molecular weight excluding hydrogens is 351 g/mol. The molecule has 8 heteroatoms. The highest BCUT2D eigenvalue weighted by Crippen LogP contribution is 2.30. The Bertz CT molecular complexity index is 650. The van der Waals surface area contributed by atoms with Gasteiger partial charge in [0.05, 0.1) is 16.2 Å². The van der Waals surface area contributed by atoms with Crippen molar-refractivity contribution in [2.75, 3.05) is 5.32 Å². The van der Waals surface area contributed by atoms with Crippen molar-refractivity contribution in [3.05, 3.63) is 46.2 Å². The SMILES string of the molecule is CCn1ncc(Br)c1C(=O)Nc1ccc(C(F)(F)F)cc1. The second kappa shape index (κ2) is 5.88. The van der Waals surface area contributed by atoms with Crippen molar-refractivity contribution in [2.24, 2.45) is 0 Å². The van der Waals surface area contributed by atoms with Crippen LogP contribution in [-0.2, 0) is 12.7 Å². The molecule has 1 aromatic heterocycles. The second-order valence-electron chi connectivity index (χ2n) is 4.19. The molecule has 1 aromatic carbocycles. The Morgan fingerprint density at radius 3 is 2.48 bits per heavy atom. The third-order valence-electron chi connectivity index (χ3n) is 2.78. The molecule has 0 fully saturated rings. The van der Waals surface area contributed by atoms with Crippen molar-refractivity contribution in [2.45, 2.75) is 19.6 Å². The minimum Gasteiger partial charge on any atom is -0.321 e. The van der Waals surface area contributed by atoms with Gasteiger partial charge in [-0.15, -0.1) is 0 Å². The number of alkyl halides is 3. The molecular formula is C13H11BrF3N3O. The second-order valence-corrected chi connectivity index (χ2v) is 5.04. The van der Waals surface area contributed by atoms with Gasteiger partial charge in [-0.25, -0.2) is 0 Å². The van der Waals surface area contributed by atoms with Crippen molar-refractivity contribution < 1.29 is 18.0 Å². The maximum Gasteiger partial charge on any atom is 0.416 e. The van der Waals surface area contributed by atoms with Crippen LogP contribution in [0.4, 0.5) is 18.9 Å². The lowest BCUT2D eigenvalue weighted by molar-refractivity contribution is -0.137. The van der Waals surface area contributed by atoms with Crippen LogP contribution in [-0.4, -0.2) is 15.7 Å². The summed E-state index contributed by atoms with van der Waals surface area (Å²) in [4.78, 5) is 12.1. The highest BCUT2D eigenvalue weighted by Gasteiger charge is 2.30. The number of anilines is 1. The number of benzene rings is 1. The molecule has 0 spiro atoms. The first-order valence-electron chi connectivity index (χ1n) is 6.03. The van der Waals surface area contributed by atoms with Crippen LogP contribution >= 0.6 is 15.9 Å². The minimum atomic E-state index is -4.40. The number of aromatic nitrogens is 2. The summed E-state index contributed by atoms with van der Waals surface area (Å²) in [6.07, 6.45) is -2.91. The maximum absolute atomic E-state index is 12.5. The predicted octanol–water partition coefficient (Wildman–Crippen LogP) is 3.94. The van der Waals surface area contributed by atoms with Crippen LogP contribution in [0, 0.1) is 0 Å². The zero-order valence-corrected chi connectivity index (χ0v) is 12.5. The highest BCUT2D eigenvalue weighted by atomic mass is 79.9. The molecule has 1 heterocycles. The molecule has 0 aliphatic heterocycles. The van der Waals surface area contributed by atoms with E-state index in [1.165, 1.54) is 23.0 Å². The van der Waals surface area contributed by atoms with Gasteiger partial charge < -0.3 is 5.32 Å². The van der Waals surface area contributed by atoms with E-state index in [0.29, 0.717) is 16.7 Å². The molecule has 0 radical (unpaired) electrons. The van der Waals surface area contributed by atoms with Gasteiger partial charge in [0, 0.05) is 12.2 Å². The largest absolute Gasteiger partial charge is 0.416 e. The summed E-state index contributed by atoms with van der Waals surface area (Å²) in [5, 5.41) is 6.54. The number of nitrogens with zero attached hydrogens (tertiary/aromatic N) is 2. The number of hydrogen-bond donors (Lipinski definition) is 1. The van der Waals surface area contributed by atoms with Crippen LogP contribution in [0.1, 0.15) is 23.0 Å². The van der Waals surface area contributed by atoms with Gasteiger partial charge >= 0.3 is 6.18 Å². The van der Waals surface area contributed by atoms with Crippen molar-refractivity contribution >= 4 is 27.5 Å². The molecule has 4 nitrogen and oxygen atoms in total. The summed E-state index contributed by atoms with van der Waals surface area (Å²) in [6, 6.07) is 4.26. The molecule has 0 aliphatic carbocycles. The zero-order chi connectivity index (χ0) is 15.6. The average molecular weight is 362 g/mol. The van der Waals surface area contributed by atoms with E-state index in [1.807, 2.05) is 6.92 Å². The van der Waals surface area contributed by atoms with Gasteiger partial charge in [0.2, 0.25) is 0 Å². The summed E-state index contributed by atoms with van der Waals surface area (Å²) in [5.41, 5.74) is -0.165. The minimum absolute atomic E-state index is 0.281. The first kappa shape index (κ1) is 15.6. The fourth-order valence-electron chi connectivity index (χ4n) is 1.76. The van der Waals surface area contributed by atoms with Gasteiger partial charge in [-0.2, -0.15) is 18.3 Å². The van der Waals surface area contributed by atoms with E-state index in [2.05, 4.69) is 26.3 Å². The molecule has 1 N–H and O–H groups in total. The fraction of sp³-hybridized carbons (Fsp3) is 0.231. The Morgan fingerprint density at radius 2 is 1.95 bits per heavy atom.